The summed E-state index contributed by atoms with van der Waals surface area (Å²) in [7, 11) is 0. The molecule has 0 unspecified atom stereocenters. The Morgan fingerprint density at radius 3 is 2.66 bits per heavy atom. The van der Waals surface area contributed by atoms with Gasteiger partial charge in [0.25, 0.3) is 0 Å². The number of pyridine rings is 1. The van der Waals surface area contributed by atoms with Gasteiger partial charge < -0.3 is 9.47 Å². The monoisotopic (exact) mass is 381 g/mol. The number of Topliss-reactive ketones (excluding diaryl/α,β-unsaturated/α-hetero) is 1. The minimum absolute atomic E-state index is 0.136. The van der Waals surface area contributed by atoms with Gasteiger partial charge in [-0.3, -0.25) is 4.79 Å². The van der Waals surface area contributed by atoms with Crippen LogP contribution in [0.1, 0.15) is 28.5 Å². The summed E-state index contributed by atoms with van der Waals surface area (Å²) < 4.78 is 11.2. The van der Waals surface area contributed by atoms with Crippen LogP contribution in [0.15, 0.2) is 72.5 Å². The number of aromatic nitrogens is 1. The quantitative estimate of drug-likeness (QED) is 0.345. The molecule has 4 nitrogen and oxygen atoms in total. The van der Waals surface area contributed by atoms with E-state index in [2.05, 4.69) is 18.2 Å². The molecule has 0 amide bonds. The van der Waals surface area contributed by atoms with Gasteiger partial charge in [0.1, 0.15) is 12.4 Å². The molecule has 2 heterocycles. The molecule has 1 aromatic heterocycles. The fourth-order valence-electron chi connectivity index (χ4n) is 3.68. The Balaban J connectivity index is 1.54. The average molecular weight is 381 g/mol. The largest absolute Gasteiger partial charge is 0.494 e. The van der Waals surface area contributed by atoms with Gasteiger partial charge in [-0.1, -0.05) is 48.5 Å². The minimum Gasteiger partial charge on any atom is -0.494 e. The number of hydrogen-bond acceptors (Lipinski definition) is 4. The molecular formula is C25H19NO3. The number of hydrogen-bond donors (Lipinski definition) is 0. The molecule has 0 aliphatic carbocycles. The van der Waals surface area contributed by atoms with Gasteiger partial charge >= 0.3 is 0 Å². The molecule has 1 aliphatic heterocycles. The zero-order valence-electron chi connectivity index (χ0n) is 16.0. The van der Waals surface area contributed by atoms with Crippen molar-refractivity contribution in [3.8, 4) is 5.75 Å². The van der Waals surface area contributed by atoms with E-state index in [4.69, 9.17) is 14.5 Å². The topological polar surface area (TPSA) is 48.4 Å². The van der Waals surface area contributed by atoms with E-state index >= 15 is 0 Å². The fraction of sp³-hybridized carbons (Fsp3) is 0.120. The molecule has 0 saturated carbocycles. The number of carbonyl (C=O) groups is 1. The number of rotatable bonds is 3. The van der Waals surface area contributed by atoms with Gasteiger partial charge in [0.15, 0.2) is 5.76 Å². The molecule has 0 fully saturated rings. The van der Waals surface area contributed by atoms with Crippen molar-refractivity contribution in [3.05, 3.63) is 89.3 Å². The minimum atomic E-state index is -0.136. The van der Waals surface area contributed by atoms with E-state index in [1.165, 1.54) is 0 Å². The van der Waals surface area contributed by atoms with Crippen molar-refractivity contribution >= 4 is 33.5 Å². The Kier molecular flexibility index (Phi) is 4.24. The summed E-state index contributed by atoms with van der Waals surface area (Å²) in [5, 5.41) is 3.17. The fourth-order valence-corrected chi connectivity index (χ4v) is 3.68. The third-order valence-corrected chi connectivity index (χ3v) is 5.11. The molecule has 1 aliphatic rings. The Hall–Kier alpha value is -3.66. The second-order valence-corrected chi connectivity index (χ2v) is 6.97. The van der Waals surface area contributed by atoms with E-state index in [1.54, 1.807) is 6.08 Å². The lowest BCUT2D eigenvalue weighted by Crippen LogP contribution is -2.18. The zero-order chi connectivity index (χ0) is 19.8. The first-order chi connectivity index (χ1) is 14.2. The van der Waals surface area contributed by atoms with Crippen molar-refractivity contribution in [1.29, 1.82) is 0 Å². The van der Waals surface area contributed by atoms with Gasteiger partial charge in [-0.25, -0.2) is 4.98 Å². The summed E-state index contributed by atoms with van der Waals surface area (Å²) in [4.78, 5) is 17.8. The third-order valence-electron chi connectivity index (χ3n) is 5.11. The van der Waals surface area contributed by atoms with Crippen molar-refractivity contribution in [2.24, 2.45) is 0 Å². The smallest absolute Gasteiger partial charge is 0.229 e. The summed E-state index contributed by atoms with van der Waals surface area (Å²) in [5.74, 6) is 1.00. The Morgan fingerprint density at radius 2 is 1.83 bits per heavy atom. The molecular weight excluding hydrogens is 362 g/mol. The normalized spacial score (nSPS) is 14.8. The molecule has 142 valence electrons. The molecule has 0 N–H and O–H groups in total. The molecule has 4 heteroatoms. The maximum atomic E-state index is 13.0. The summed E-state index contributed by atoms with van der Waals surface area (Å²) in [5.41, 5.74) is 3.08. The number of ketones is 1. The second kappa shape index (κ2) is 7.06. The summed E-state index contributed by atoms with van der Waals surface area (Å²) in [6, 6.07) is 21.7. The predicted octanol–water partition coefficient (Wildman–Crippen LogP) is 5.54. The van der Waals surface area contributed by atoms with Crippen molar-refractivity contribution in [3.63, 3.8) is 0 Å². The number of fused-ring (bicyclic) bond motifs is 4. The van der Waals surface area contributed by atoms with Crippen LogP contribution < -0.4 is 4.74 Å². The van der Waals surface area contributed by atoms with Gasteiger partial charge in [0.2, 0.25) is 5.78 Å². The standard InChI is InChI=1S/C25H19NO3/c1-2-28-19-11-7-16(8-12-19)13-23-25(27)21-14-18-10-9-17-5-3-4-6-20(17)24(18)26-22(21)15-29-23/h3-14H,2,15H2,1H3/b23-13-. The van der Waals surface area contributed by atoms with Gasteiger partial charge in [-0.15, -0.1) is 0 Å². The lowest BCUT2D eigenvalue weighted by molar-refractivity contribution is 0.0866. The van der Waals surface area contributed by atoms with Crippen LogP contribution in [0, 0.1) is 0 Å². The van der Waals surface area contributed by atoms with Gasteiger partial charge in [-0.2, -0.15) is 0 Å². The predicted molar refractivity (Wildman–Crippen MR) is 114 cm³/mol. The maximum Gasteiger partial charge on any atom is 0.229 e. The highest BCUT2D eigenvalue weighted by molar-refractivity contribution is 6.14. The second-order valence-electron chi connectivity index (χ2n) is 6.97. The van der Waals surface area contributed by atoms with E-state index in [-0.39, 0.29) is 12.4 Å². The van der Waals surface area contributed by atoms with Gasteiger partial charge in [0.05, 0.1) is 23.4 Å². The molecule has 5 rings (SSSR count). The van der Waals surface area contributed by atoms with E-state index < -0.39 is 0 Å². The third kappa shape index (κ3) is 3.13. The van der Waals surface area contributed by atoms with E-state index in [9.17, 15) is 4.79 Å². The molecule has 29 heavy (non-hydrogen) atoms. The van der Waals surface area contributed by atoms with E-state index in [0.717, 1.165) is 33.0 Å². The first kappa shape index (κ1) is 17.4. The molecule has 0 bridgehead atoms. The maximum absolute atomic E-state index is 13.0. The Morgan fingerprint density at radius 1 is 1.03 bits per heavy atom. The molecule has 0 saturated heterocycles. The van der Waals surface area contributed by atoms with Crippen LogP contribution in [0.2, 0.25) is 0 Å². The van der Waals surface area contributed by atoms with Crippen molar-refractivity contribution < 1.29 is 14.3 Å². The SMILES string of the molecule is CCOc1ccc(/C=C2\OCc3nc4c(ccc5ccccc54)cc3C2=O)cc1. The molecule has 0 spiro atoms. The molecule has 4 aromatic rings. The molecule has 0 atom stereocenters. The first-order valence-corrected chi connectivity index (χ1v) is 9.66. The van der Waals surface area contributed by atoms with Crippen molar-refractivity contribution in [2.45, 2.75) is 13.5 Å². The van der Waals surface area contributed by atoms with Crippen LogP contribution in [0.3, 0.4) is 0 Å². The Labute approximate surface area is 168 Å². The van der Waals surface area contributed by atoms with Crippen LogP contribution in [-0.2, 0) is 11.3 Å². The van der Waals surface area contributed by atoms with E-state index in [0.29, 0.717) is 23.6 Å². The first-order valence-electron chi connectivity index (χ1n) is 9.66. The Bertz CT molecular complexity index is 1270. The van der Waals surface area contributed by atoms with Crippen LogP contribution in [0.5, 0.6) is 5.75 Å². The number of nitrogens with zero attached hydrogens (tertiary/aromatic N) is 1. The average Bonchev–Trinajstić information content (AvgIpc) is 2.76. The van der Waals surface area contributed by atoms with Crippen molar-refractivity contribution in [2.75, 3.05) is 6.61 Å². The van der Waals surface area contributed by atoms with Crippen LogP contribution in [0.25, 0.3) is 27.8 Å². The van der Waals surface area contributed by atoms with Gasteiger partial charge in [-0.05, 0) is 42.1 Å². The zero-order valence-corrected chi connectivity index (χ0v) is 16.0. The highest BCUT2D eigenvalue weighted by Gasteiger charge is 2.25. The summed E-state index contributed by atoms with van der Waals surface area (Å²) in [6.07, 6.45) is 1.77. The number of ether oxygens (including phenoxy) is 2. The lowest BCUT2D eigenvalue weighted by Gasteiger charge is -2.19. The summed E-state index contributed by atoms with van der Waals surface area (Å²) >= 11 is 0. The highest BCUT2D eigenvalue weighted by Crippen LogP contribution is 2.30. The molecule has 3 aromatic carbocycles. The van der Waals surface area contributed by atoms with Gasteiger partial charge in [0, 0.05) is 10.8 Å². The summed E-state index contributed by atoms with van der Waals surface area (Å²) in [6.45, 7) is 2.85. The number of carbonyl (C=O) groups excluding carboxylic acids is 1. The van der Waals surface area contributed by atoms with E-state index in [1.807, 2.05) is 55.5 Å². The highest BCUT2D eigenvalue weighted by atomic mass is 16.5. The number of benzene rings is 3. The van der Waals surface area contributed by atoms with Crippen molar-refractivity contribution in [1.82, 2.24) is 4.98 Å². The van der Waals surface area contributed by atoms with Crippen LogP contribution in [0.4, 0.5) is 0 Å². The lowest BCUT2D eigenvalue weighted by atomic mass is 9.99. The number of allylic oxidation sites excluding steroid dienone is 1. The van der Waals surface area contributed by atoms with Crippen LogP contribution >= 0.6 is 0 Å². The molecule has 0 radical (unpaired) electrons. The van der Waals surface area contributed by atoms with Crippen LogP contribution in [-0.4, -0.2) is 17.4 Å².